The molecule has 0 N–H and O–H groups in total. The Hall–Kier alpha value is -2.31. The SMILES string of the molecule is COC(=O)C1=CN(C[C@H]2CCCO2)C=C(C(=O)OC)C1c1cccc(Cl)c1. The van der Waals surface area contributed by atoms with Gasteiger partial charge in [-0.15, -0.1) is 0 Å². The van der Waals surface area contributed by atoms with Gasteiger partial charge in [0.05, 0.1) is 37.4 Å². The Morgan fingerprint density at radius 1 is 1.19 bits per heavy atom. The molecule has 1 atom stereocenters. The lowest BCUT2D eigenvalue weighted by Gasteiger charge is -2.31. The number of halogens is 1. The van der Waals surface area contributed by atoms with Crippen LogP contribution in [-0.4, -0.2) is 50.3 Å². The van der Waals surface area contributed by atoms with Crippen molar-refractivity contribution in [1.29, 1.82) is 0 Å². The fourth-order valence-electron chi connectivity index (χ4n) is 3.46. The monoisotopic (exact) mass is 391 g/mol. The molecule has 1 aromatic rings. The van der Waals surface area contributed by atoms with E-state index in [2.05, 4.69) is 0 Å². The molecule has 0 unspecified atom stereocenters. The van der Waals surface area contributed by atoms with E-state index in [1.165, 1.54) is 14.2 Å². The van der Waals surface area contributed by atoms with Crippen LogP contribution in [0.1, 0.15) is 24.3 Å². The van der Waals surface area contributed by atoms with Gasteiger partial charge in [0.1, 0.15) is 0 Å². The van der Waals surface area contributed by atoms with E-state index in [0.717, 1.165) is 19.4 Å². The van der Waals surface area contributed by atoms with Gasteiger partial charge in [-0.1, -0.05) is 23.7 Å². The summed E-state index contributed by atoms with van der Waals surface area (Å²) in [4.78, 5) is 26.8. The van der Waals surface area contributed by atoms with Gasteiger partial charge in [0.2, 0.25) is 0 Å². The highest BCUT2D eigenvalue weighted by atomic mass is 35.5. The molecule has 2 aliphatic heterocycles. The summed E-state index contributed by atoms with van der Waals surface area (Å²) in [6, 6.07) is 7.07. The van der Waals surface area contributed by atoms with E-state index >= 15 is 0 Å². The molecular formula is C20H22ClNO5. The van der Waals surface area contributed by atoms with Crippen molar-refractivity contribution in [3.05, 3.63) is 58.4 Å². The molecule has 0 amide bonds. The van der Waals surface area contributed by atoms with Crippen LogP contribution in [0.5, 0.6) is 0 Å². The van der Waals surface area contributed by atoms with Crippen LogP contribution in [0, 0.1) is 0 Å². The minimum atomic E-state index is -0.621. The molecule has 0 aromatic heterocycles. The van der Waals surface area contributed by atoms with Crippen LogP contribution >= 0.6 is 11.6 Å². The Morgan fingerprint density at radius 2 is 1.85 bits per heavy atom. The van der Waals surface area contributed by atoms with Gasteiger partial charge in [0.15, 0.2) is 0 Å². The number of methoxy groups -OCH3 is 2. The summed E-state index contributed by atoms with van der Waals surface area (Å²) in [5.41, 5.74) is 1.41. The maximum Gasteiger partial charge on any atom is 0.336 e. The predicted octanol–water partition coefficient (Wildman–Crippen LogP) is 3.03. The molecule has 1 saturated heterocycles. The minimum absolute atomic E-state index is 0.0537. The number of ether oxygens (including phenoxy) is 3. The average Bonchev–Trinajstić information content (AvgIpc) is 3.19. The maximum atomic E-state index is 12.5. The lowest BCUT2D eigenvalue weighted by atomic mass is 9.83. The Balaban J connectivity index is 2.03. The molecule has 7 heteroatoms. The van der Waals surface area contributed by atoms with Crippen molar-refractivity contribution in [2.45, 2.75) is 24.9 Å². The fraction of sp³-hybridized carbons (Fsp3) is 0.400. The summed E-state index contributed by atoms with van der Waals surface area (Å²) in [5, 5.41) is 0.516. The molecule has 2 heterocycles. The summed E-state index contributed by atoms with van der Waals surface area (Å²) in [7, 11) is 2.64. The van der Waals surface area contributed by atoms with Gasteiger partial charge in [-0.3, -0.25) is 0 Å². The van der Waals surface area contributed by atoms with Crippen molar-refractivity contribution in [2.75, 3.05) is 27.4 Å². The molecule has 0 saturated carbocycles. The fourth-order valence-corrected chi connectivity index (χ4v) is 3.66. The summed E-state index contributed by atoms with van der Waals surface area (Å²) < 4.78 is 15.6. The van der Waals surface area contributed by atoms with Gasteiger partial charge in [-0.2, -0.15) is 0 Å². The first kappa shape index (κ1) is 19.5. The van der Waals surface area contributed by atoms with Gasteiger partial charge in [0.25, 0.3) is 0 Å². The number of carbonyl (C=O) groups excluding carboxylic acids is 2. The number of carbonyl (C=O) groups is 2. The van der Waals surface area contributed by atoms with E-state index in [0.29, 0.717) is 28.3 Å². The Labute approximate surface area is 163 Å². The van der Waals surface area contributed by atoms with Crippen LogP contribution in [0.15, 0.2) is 47.8 Å². The molecule has 0 aliphatic carbocycles. The number of rotatable bonds is 5. The topological polar surface area (TPSA) is 65.1 Å². The molecule has 6 nitrogen and oxygen atoms in total. The quantitative estimate of drug-likeness (QED) is 0.719. The highest BCUT2D eigenvalue weighted by Crippen LogP contribution is 2.38. The highest BCUT2D eigenvalue weighted by molar-refractivity contribution is 6.30. The van der Waals surface area contributed by atoms with E-state index in [9.17, 15) is 9.59 Å². The van der Waals surface area contributed by atoms with Crippen LogP contribution in [0.25, 0.3) is 0 Å². The van der Waals surface area contributed by atoms with E-state index in [1.54, 1.807) is 35.5 Å². The summed E-state index contributed by atoms with van der Waals surface area (Å²) in [6.45, 7) is 1.27. The molecular weight excluding hydrogens is 370 g/mol. The number of nitrogens with zero attached hydrogens (tertiary/aromatic N) is 1. The van der Waals surface area contributed by atoms with Gasteiger partial charge >= 0.3 is 11.9 Å². The maximum absolute atomic E-state index is 12.5. The van der Waals surface area contributed by atoms with Crippen molar-refractivity contribution in [2.24, 2.45) is 0 Å². The molecule has 0 bridgehead atoms. The summed E-state index contributed by atoms with van der Waals surface area (Å²) in [6.07, 6.45) is 5.43. The second-order valence-corrected chi connectivity index (χ2v) is 6.91. The zero-order chi connectivity index (χ0) is 19.4. The lowest BCUT2D eigenvalue weighted by molar-refractivity contribution is -0.137. The van der Waals surface area contributed by atoms with Gasteiger partial charge < -0.3 is 19.1 Å². The van der Waals surface area contributed by atoms with Gasteiger partial charge in [0, 0.05) is 30.6 Å². The zero-order valence-electron chi connectivity index (χ0n) is 15.3. The molecule has 0 radical (unpaired) electrons. The number of benzene rings is 1. The number of hydrogen-bond acceptors (Lipinski definition) is 6. The lowest BCUT2D eigenvalue weighted by Crippen LogP contribution is -2.32. The van der Waals surface area contributed by atoms with E-state index < -0.39 is 17.9 Å². The largest absolute Gasteiger partial charge is 0.466 e. The molecule has 1 aromatic carbocycles. The summed E-state index contributed by atoms with van der Waals surface area (Å²) in [5.74, 6) is -1.64. The van der Waals surface area contributed by atoms with Gasteiger partial charge in [-0.05, 0) is 30.5 Å². The summed E-state index contributed by atoms with van der Waals surface area (Å²) >= 11 is 6.13. The Bertz CT molecular complexity index is 748. The van der Waals surface area contributed by atoms with Gasteiger partial charge in [-0.25, -0.2) is 9.59 Å². The first-order valence-electron chi connectivity index (χ1n) is 8.76. The molecule has 27 heavy (non-hydrogen) atoms. The predicted molar refractivity (Wildman–Crippen MR) is 100 cm³/mol. The van der Waals surface area contributed by atoms with Crippen molar-refractivity contribution < 1.29 is 23.8 Å². The minimum Gasteiger partial charge on any atom is -0.466 e. The standard InChI is InChI=1S/C20H22ClNO5/c1-25-19(23)16-11-22(10-15-7-4-8-27-15)12-17(20(24)26-2)18(16)13-5-3-6-14(21)9-13/h3,5-6,9,11-12,15,18H,4,7-8,10H2,1-2H3/t15-/m1/s1. The zero-order valence-corrected chi connectivity index (χ0v) is 16.1. The third-order valence-corrected chi connectivity index (χ3v) is 4.93. The molecule has 3 rings (SSSR count). The first-order valence-corrected chi connectivity index (χ1v) is 9.14. The number of hydrogen-bond donors (Lipinski definition) is 0. The second kappa shape index (κ2) is 8.59. The van der Waals surface area contributed by atoms with E-state index in [4.69, 9.17) is 25.8 Å². The Morgan fingerprint density at radius 3 is 2.37 bits per heavy atom. The highest BCUT2D eigenvalue weighted by Gasteiger charge is 2.35. The van der Waals surface area contributed by atoms with Crippen LogP contribution < -0.4 is 0 Å². The number of esters is 2. The first-order chi connectivity index (χ1) is 13.0. The van der Waals surface area contributed by atoms with Crippen molar-refractivity contribution >= 4 is 23.5 Å². The van der Waals surface area contributed by atoms with E-state index in [1.807, 2.05) is 6.07 Å². The van der Waals surface area contributed by atoms with Crippen LogP contribution in [0.4, 0.5) is 0 Å². The smallest absolute Gasteiger partial charge is 0.336 e. The van der Waals surface area contributed by atoms with E-state index in [-0.39, 0.29) is 6.10 Å². The normalized spacial score (nSPS) is 20.1. The molecule has 1 fully saturated rings. The average molecular weight is 392 g/mol. The van der Waals surface area contributed by atoms with Crippen molar-refractivity contribution in [1.82, 2.24) is 4.90 Å². The van der Waals surface area contributed by atoms with Crippen LogP contribution in [0.2, 0.25) is 5.02 Å². The van der Waals surface area contributed by atoms with Crippen molar-refractivity contribution in [3.8, 4) is 0 Å². The second-order valence-electron chi connectivity index (χ2n) is 6.47. The van der Waals surface area contributed by atoms with Crippen molar-refractivity contribution in [3.63, 3.8) is 0 Å². The third-order valence-electron chi connectivity index (χ3n) is 4.69. The molecule has 2 aliphatic rings. The third kappa shape index (κ3) is 4.34. The Kier molecular flexibility index (Phi) is 6.19. The molecule has 144 valence electrons. The van der Waals surface area contributed by atoms with Crippen LogP contribution in [-0.2, 0) is 23.8 Å². The molecule has 0 spiro atoms. The van der Waals surface area contributed by atoms with Crippen LogP contribution in [0.3, 0.4) is 0 Å².